The summed E-state index contributed by atoms with van der Waals surface area (Å²) in [6.07, 6.45) is 11.6. The molecule has 5 heteroatoms. The van der Waals surface area contributed by atoms with Crippen LogP contribution in [0.3, 0.4) is 0 Å². The standard InChI is InChI=1S/C17H30N4O/c1-2-5-16-19-17(20-22-16)18-11-8-14-9-12-21(13-10-14)15-6-3-4-7-15/h14-15H,2-13H2,1H3,(H,18,20). The van der Waals surface area contributed by atoms with Gasteiger partial charge in [-0.15, -0.1) is 0 Å². The molecule has 0 aromatic carbocycles. The Morgan fingerprint density at radius 3 is 2.68 bits per heavy atom. The molecule has 2 fully saturated rings. The normalized spacial score (nSPS) is 21.5. The molecule has 2 heterocycles. The predicted molar refractivity (Wildman–Crippen MR) is 88.0 cm³/mol. The van der Waals surface area contributed by atoms with Crippen molar-refractivity contribution in [1.29, 1.82) is 0 Å². The molecule has 1 aliphatic heterocycles. The quantitative estimate of drug-likeness (QED) is 0.836. The molecule has 0 amide bonds. The lowest BCUT2D eigenvalue weighted by Crippen LogP contribution is -2.40. The number of nitrogens with one attached hydrogen (secondary N) is 1. The third-order valence-corrected chi connectivity index (χ3v) is 5.26. The highest BCUT2D eigenvalue weighted by atomic mass is 16.5. The Hall–Kier alpha value is -1.10. The average molecular weight is 306 g/mol. The molecule has 1 aromatic rings. The Balaban J connectivity index is 1.32. The maximum absolute atomic E-state index is 5.19. The SMILES string of the molecule is CCCc1nc(NCCC2CCN(C3CCCC3)CC2)no1. The van der Waals surface area contributed by atoms with E-state index >= 15 is 0 Å². The van der Waals surface area contributed by atoms with Crippen LogP contribution in [0.1, 0.15) is 64.2 Å². The zero-order valence-electron chi connectivity index (χ0n) is 13.9. The number of anilines is 1. The number of nitrogens with zero attached hydrogens (tertiary/aromatic N) is 3. The number of hydrogen-bond donors (Lipinski definition) is 1. The zero-order chi connectivity index (χ0) is 15.2. The van der Waals surface area contributed by atoms with E-state index in [0.717, 1.165) is 37.2 Å². The second-order valence-corrected chi connectivity index (χ2v) is 6.89. The molecule has 0 bridgehead atoms. The lowest BCUT2D eigenvalue weighted by atomic mass is 9.92. The molecule has 1 aromatic heterocycles. The molecule has 1 N–H and O–H groups in total. The smallest absolute Gasteiger partial charge is 0.263 e. The predicted octanol–water partition coefficient (Wildman–Crippen LogP) is 3.48. The molecule has 0 unspecified atom stereocenters. The van der Waals surface area contributed by atoms with Gasteiger partial charge in [0.1, 0.15) is 0 Å². The number of piperidine rings is 1. The second-order valence-electron chi connectivity index (χ2n) is 6.89. The van der Waals surface area contributed by atoms with Gasteiger partial charge < -0.3 is 14.7 Å². The van der Waals surface area contributed by atoms with E-state index < -0.39 is 0 Å². The van der Waals surface area contributed by atoms with Crippen molar-refractivity contribution in [3.05, 3.63) is 5.89 Å². The summed E-state index contributed by atoms with van der Waals surface area (Å²) in [4.78, 5) is 7.09. The molecule has 0 atom stereocenters. The first-order valence-corrected chi connectivity index (χ1v) is 9.15. The first-order valence-electron chi connectivity index (χ1n) is 9.15. The van der Waals surface area contributed by atoms with E-state index in [2.05, 4.69) is 27.3 Å². The average Bonchev–Trinajstić information content (AvgIpc) is 3.20. The Bertz CT molecular complexity index is 434. The van der Waals surface area contributed by atoms with E-state index in [1.54, 1.807) is 0 Å². The fraction of sp³-hybridized carbons (Fsp3) is 0.882. The van der Waals surface area contributed by atoms with Gasteiger partial charge in [-0.2, -0.15) is 4.98 Å². The molecule has 22 heavy (non-hydrogen) atoms. The minimum atomic E-state index is 0.659. The van der Waals surface area contributed by atoms with Crippen molar-refractivity contribution in [1.82, 2.24) is 15.0 Å². The van der Waals surface area contributed by atoms with Crippen molar-refractivity contribution in [3.8, 4) is 0 Å². The summed E-state index contributed by atoms with van der Waals surface area (Å²) in [5.74, 6) is 2.26. The Morgan fingerprint density at radius 1 is 1.18 bits per heavy atom. The van der Waals surface area contributed by atoms with Crippen molar-refractivity contribution in [2.75, 3.05) is 25.0 Å². The third kappa shape index (κ3) is 4.22. The van der Waals surface area contributed by atoms with Gasteiger partial charge in [-0.3, -0.25) is 0 Å². The van der Waals surface area contributed by atoms with Crippen molar-refractivity contribution in [2.24, 2.45) is 5.92 Å². The molecular formula is C17H30N4O. The van der Waals surface area contributed by atoms with Crippen LogP contribution >= 0.6 is 0 Å². The summed E-state index contributed by atoms with van der Waals surface area (Å²) >= 11 is 0. The summed E-state index contributed by atoms with van der Waals surface area (Å²) in [5.41, 5.74) is 0. The van der Waals surface area contributed by atoms with E-state index in [1.165, 1.54) is 58.0 Å². The number of rotatable bonds is 7. The van der Waals surface area contributed by atoms with Crippen molar-refractivity contribution < 1.29 is 4.52 Å². The molecule has 0 radical (unpaired) electrons. The lowest BCUT2D eigenvalue weighted by molar-refractivity contribution is 0.132. The third-order valence-electron chi connectivity index (χ3n) is 5.26. The van der Waals surface area contributed by atoms with E-state index in [-0.39, 0.29) is 0 Å². The summed E-state index contributed by atoms with van der Waals surface area (Å²) in [7, 11) is 0. The van der Waals surface area contributed by atoms with Crippen molar-refractivity contribution >= 4 is 5.95 Å². The van der Waals surface area contributed by atoms with Gasteiger partial charge in [0.2, 0.25) is 5.89 Å². The van der Waals surface area contributed by atoms with Crippen LogP contribution in [0.2, 0.25) is 0 Å². The van der Waals surface area contributed by atoms with E-state index in [4.69, 9.17) is 4.52 Å². The Labute approximate surface area is 133 Å². The van der Waals surface area contributed by atoms with Gasteiger partial charge in [-0.1, -0.05) is 19.8 Å². The van der Waals surface area contributed by atoms with Crippen LogP contribution < -0.4 is 5.32 Å². The van der Waals surface area contributed by atoms with Crippen LogP contribution in [-0.4, -0.2) is 40.7 Å². The maximum Gasteiger partial charge on any atom is 0.263 e. The van der Waals surface area contributed by atoms with E-state index in [9.17, 15) is 0 Å². The molecule has 5 nitrogen and oxygen atoms in total. The van der Waals surface area contributed by atoms with Crippen LogP contribution in [-0.2, 0) is 6.42 Å². The second kappa shape index (κ2) is 7.95. The monoisotopic (exact) mass is 306 g/mol. The number of aryl methyl sites for hydroxylation is 1. The molecule has 2 aliphatic rings. The van der Waals surface area contributed by atoms with Crippen LogP contribution in [0.25, 0.3) is 0 Å². The molecular weight excluding hydrogens is 276 g/mol. The van der Waals surface area contributed by atoms with Gasteiger partial charge in [0.15, 0.2) is 0 Å². The maximum atomic E-state index is 5.19. The molecule has 1 aliphatic carbocycles. The van der Waals surface area contributed by atoms with Crippen LogP contribution in [0.5, 0.6) is 0 Å². The van der Waals surface area contributed by atoms with Crippen LogP contribution in [0.4, 0.5) is 5.95 Å². The van der Waals surface area contributed by atoms with Gasteiger partial charge in [0.05, 0.1) is 0 Å². The first kappa shape index (κ1) is 15.8. The molecule has 3 rings (SSSR count). The highest BCUT2D eigenvalue weighted by Crippen LogP contribution is 2.28. The summed E-state index contributed by atoms with van der Waals surface area (Å²) in [6.45, 7) is 5.69. The first-order chi connectivity index (χ1) is 10.8. The van der Waals surface area contributed by atoms with Crippen molar-refractivity contribution in [2.45, 2.75) is 70.8 Å². The largest absolute Gasteiger partial charge is 0.352 e. The molecule has 0 spiro atoms. The zero-order valence-corrected chi connectivity index (χ0v) is 13.9. The fourth-order valence-corrected chi connectivity index (χ4v) is 3.91. The summed E-state index contributed by atoms with van der Waals surface area (Å²) in [5, 5.41) is 7.28. The lowest BCUT2D eigenvalue weighted by Gasteiger charge is -2.36. The van der Waals surface area contributed by atoms with Crippen LogP contribution in [0.15, 0.2) is 4.52 Å². The molecule has 124 valence electrons. The topological polar surface area (TPSA) is 54.2 Å². The molecule has 1 saturated heterocycles. The highest BCUT2D eigenvalue weighted by molar-refractivity contribution is 5.20. The number of aromatic nitrogens is 2. The van der Waals surface area contributed by atoms with Crippen molar-refractivity contribution in [3.63, 3.8) is 0 Å². The minimum Gasteiger partial charge on any atom is -0.352 e. The summed E-state index contributed by atoms with van der Waals surface area (Å²) in [6, 6.07) is 0.899. The van der Waals surface area contributed by atoms with Gasteiger partial charge in [0.25, 0.3) is 5.95 Å². The fourth-order valence-electron chi connectivity index (χ4n) is 3.91. The number of hydrogen-bond acceptors (Lipinski definition) is 5. The van der Waals surface area contributed by atoms with Gasteiger partial charge >= 0.3 is 0 Å². The summed E-state index contributed by atoms with van der Waals surface area (Å²) < 4.78 is 5.19. The Kier molecular flexibility index (Phi) is 5.70. The van der Waals surface area contributed by atoms with E-state index in [1.807, 2.05) is 0 Å². The van der Waals surface area contributed by atoms with Gasteiger partial charge in [-0.25, -0.2) is 0 Å². The van der Waals surface area contributed by atoms with Crippen LogP contribution in [0, 0.1) is 5.92 Å². The highest BCUT2D eigenvalue weighted by Gasteiger charge is 2.26. The van der Waals surface area contributed by atoms with E-state index in [0.29, 0.717) is 5.95 Å². The van der Waals surface area contributed by atoms with Gasteiger partial charge in [-0.05, 0) is 62.7 Å². The Morgan fingerprint density at radius 2 is 1.95 bits per heavy atom. The van der Waals surface area contributed by atoms with Gasteiger partial charge in [0, 0.05) is 19.0 Å². The molecule has 1 saturated carbocycles. The number of likely N-dealkylation sites (tertiary alicyclic amines) is 1. The minimum absolute atomic E-state index is 0.659.